The smallest absolute Gasteiger partial charge is 0.407 e. The highest BCUT2D eigenvalue weighted by atomic mass is 35.5. The third-order valence-electron chi connectivity index (χ3n) is 7.27. The summed E-state index contributed by atoms with van der Waals surface area (Å²) in [5, 5.41) is 12.5. The highest BCUT2D eigenvalue weighted by Crippen LogP contribution is 2.65. The van der Waals surface area contributed by atoms with E-state index in [0.29, 0.717) is 41.3 Å². The van der Waals surface area contributed by atoms with E-state index in [1.807, 2.05) is 6.92 Å². The Bertz CT molecular complexity index is 1010. The fraction of sp³-hybridized carbons (Fsp3) is 0.571. The van der Waals surface area contributed by atoms with Crippen LogP contribution in [0, 0.1) is 30.1 Å². The zero-order chi connectivity index (χ0) is 21.4. The molecule has 0 aliphatic carbocycles. The van der Waals surface area contributed by atoms with Gasteiger partial charge in [0, 0.05) is 12.8 Å². The van der Waals surface area contributed by atoms with Crippen molar-refractivity contribution in [2.75, 3.05) is 18.6 Å². The number of methoxy groups -OCH3 is 1. The van der Waals surface area contributed by atoms with Crippen LogP contribution in [-0.2, 0) is 19.0 Å². The predicted octanol–water partition coefficient (Wildman–Crippen LogP) is 2.50. The first-order valence-corrected chi connectivity index (χ1v) is 10.3. The van der Waals surface area contributed by atoms with Crippen molar-refractivity contribution in [2.45, 2.75) is 50.2 Å². The fourth-order valence-corrected chi connectivity index (χ4v) is 6.30. The van der Waals surface area contributed by atoms with E-state index in [4.69, 9.17) is 25.8 Å². The van der Waals surface area contributed by atoms with Gasteiger partial charge in [-0.3, -0.25) is 9.69 Å². The largest absolute Gasteiger partial charge is 0.453 e. The molecule has 1 aromatic carbocycles. The van der Waals surface area contributed by atoms with Crippen molar-refractivity contribution in [3.8, 4) is 6.07 Å². The molecule has 0 unspecified atom stereocenters. The highest BCUT2D eigenvalue weighted by Gasteiger charge is 2.78. The molecule has 9 heteroatoms. The van der Waals surface area contributed by atoms with Crippen molar-refractivity contribution in [1.82, 2.24) is 5.32 Å². The molecule has 4 saturated heterocycles. The van der Waals surface area contributed by atoms with Gasteiger partial charge in [-0.2, -0.15) is 5.26 Å². The van der Waals surface area contributed by atoms with E-state index in [2.05, 4.69) is 11.4 Å². The van der Waals surface area contributed by atoms with Crippen LogP contribution < -0.4 is 10.2 Å². The molecular formula is C21H22ClN3O5. The number of nitriles is 1. The van der Waals surface area contributed by atoms with Gasteiger partial charge in [0.1, 0.15) is 12.3 Å². The van der Waals surface area contributed by atoms with Gasteiger partial charge in [0.25, 0.3) is 0 Å². The van der Waals surface area contributed by atoms with Crippen LogP contribution in [-0.4, -0.2) is 49.2 Å². The molecule has 4 aliphatic heterocycles. The molecule has 2 amide bonds. The second-order valence-electron chi connectivity index (χ2n) is 8.67. The third kappa shape index (κ3) is 2.28. The number of nitrogens with zero attached hydrogens (tertiary/aromatic N) is 2. The molecule has 4 fully saturated rings. The maximum Gasteiger partial charge on any atom is 0.407 e. The lowest BCUT2D eigenvalue weighted by Crippen LogP contribution is -2.61. The number of alkyl carbamates (subject to hydrolysis) is 1. The maximum absolute atomic E-state index is 13.7. The molecule has 2 bridgehead atoms. The average Bonchev–Trinajstić information content (AvgIpc) is 3.28. The fourth-order valence-electron chi connectivity index (χ4n) is 6.10. The summed E-state index contributed by atoms with van der Waals surface area (Å²) in [6.45, 7) is 4.14. The minimum atomic E-state index is -0.710. The molecule has 5 rings (SSSR count). The Kier molecular flexibility index (Phi) is 4.14. The van der Waals surface area contributed by atoms with Gasteiger partial charge in [-0.1, -0.05) is 11.6 Å². The number of anilines is 1. The number of nitrogens with one attached hydrogen (secondary N) is 1. The van der Waals surface area contributed by atoms with Gasteiger partial charge in [-0.05, 0) is 31.5 Å². The Morgan fingerprint density at radius 2 is 2.23 bits per heavy atom. The molecule has 1 N–H and O–H groups in total. The first kappa shape index (κ1) is 19.6. The standard InChI is InChI=1S/C21H22ClN3O5/c1-10-12(5-4-11(9-23)16(10)22)25-17(26)14-15-18(25)29-7-6-21(15)13(24-19(27)28-3)8-20(14,2)30-21/h4-5,13-15,18H,6-8H2,1-3H3,(H,24,27)/t13-,14+,15-,18-,20+,21-/m0/s1. The molecule has 0 saturated carbocycles. The van der Waals surface area contributed by atoms with E-state index >= 15 is 0 Å². The van der Waals surface area contributed by atoms with Gasteiger partial charge in [0.15, 0.2) is 0 Å². The summed E-state index contributed by atoms with van der Waals surface area (Å²) >= 11 is 6.38. The number of hydrogen-bond acceptors (Lipinski definition) is 6. The van der Waals surface area contributed by atoms with Crippen molar-refractivity contribution in [3.05, 3.63) is 28.3 Å². The van der Waals surface area contributed by atoms with E-state index in [1.54, 1.807) is 24.0 Å². The van der Waals surface area contributed by atoms with Crippen molar-refractivity contribution >= 4 is 29.3 Å². The minimum Gasteiger partial charge on any atom is -0.453 e. The quantitative estimate of drug-likeness (QED) is 0.772. The zero-order valence-electron chi connectivity index (χ0n) is 16.9. The van der Waals surface area contributed by atoms with Crippen molar-refractivity contribution < 1.29 is 23.8 Å². The molecule has 8 nitrogen and oxygen atoms in total. The number of carbonyl (C=O) groups is 2. The number of ether oxygens (including phenoxy) is 3. The molecule has 4 aliphatic rings. The maximum atomic E-state index is 13.7. The number of hydrogen-bond donors (Lipinski definition) is 1. The Labute approximate surface area is 179 Å². The lowest BCUT2D eigenvalue weighted by atomic mass is 9.64. The Balaban J connectivity index is 1.59. The number of benzene rings is 1. The molecule has 30 heavy (non-hydrogen) atoms. The van der Waals surface area contributed by atoms with Crippen molar-refractivity contribution in [1.29, 1.82) is 5.26 Å². The predicted molar refractivity (Wildman–Crippen MR) is 106 cm³/mol. The molecule has 4 heterocycles. The monoisotopic (exact) mass is 431 g/mol. The molecule has 0 radical (unpaired) electrons. The summed E-state index contributed by atoms with van der Waals surface area (Å²) in [7, 11) is 1.33. The van der Waals surface area contributed by atoms with Crippen molar-refractivity contribution in [3.63, 3.8) is 0 Å². The van der Waals surface area contributed by atoms with Gasteiger partial charge >= 0.3 is 6.09 Å². The van der Waals surface area contributed by atoms with Crippen LogP contribution in [0.3, 0.4) is 0 Å². The molecule has 158 valence electrons. The zero-order valence-corrected chi connectivity index (χ0v) is 17.7. The van der Waals surface area contributed by atoms with E-state index in [0.717, 1.165) is 0 Å². The van der Waals surface area contributed by atoms with Gasteiger partial charge in [0.05, 0.1) is 59.1 Å². The van der Waals surface area contributed by atoms with Gasteiger partial charge in [0.2, 0.25) is 5.91 Å². The Hall–Kier alpha value is -2.34. The summed E-state index contributed by atoms with van der Waals surface area (Å²) in [6, 6.07) is 5.18. The van der Waals surface area contributed by atoms with E-state index < -0.39 is 23.5 Å². The summed E-state index contributed by atoms with van der Waals surface area (Å²) in [5.74, 6) is -0.683. The lowest BCUT2D eigenvalue weighted by molar-refractivity contribution is -0.143. The first-order valence-electron chi connectivity index (χ1n) is 9.96. The molecule has 0 aromatic heterocycles. The average molecular weight is 432 g/mol. The third-order valence-corrected chi connectivity index (χ3v) is 7.75. The number of rotatable bonds is 2. The van der Waals surface area contributed by atoms with Crippen LogP contribution in [0.2, 0.25) is 5.02 Å². The van der Waals surface area contributed by atoms with Gasteiger partial charge < -0.3 is 19.5 Å². The van der Waals surface area contributed by atoms with Crippen LogP contribution in [0.4, 0.5) is 10.5 Å². The van der Waals surface area contributed by atoms with Crippen LogP contribution in [0.5, 0.6) is 0 Å². The summed E-state index contributed by atoms with van der Waals surface area (Å²) in [6.07, 6.45) is 0.0823. The molecule has 1 aromatic rings. The Morgan fingerprint density at radius 3 is 2.93 bits per heavy atom. The molecule has 6 atom stereocenters. The second-order valence-corrected chi connectivity index (χ2v) is 9.05. The summed E-state index contributed by atoms with van der Waals surface area (Å²) in [5.41, 5.74) is 0.267. The van der Waals surface area contributed by atoms with E-state index in [1.165, 1.54) is 7.11 Å². The minimum absolute atomic E-state index is 0.0725. The normalized spacial score (nSPS) is 38.4. The van der Waals surface area contributed by atoms with E-state index in [9.17, 15) is 14.9 Å². The number of amides is 2. The van der Waals surface area contributed by atoms with Crippen molar-refractivity contribution in [2.24, 2.45) is 11.8 Å². The van der Waals surface area contributed by atoms with Crippen LogP contribution in [0.15, 0.2) is 12.1 Å². The molecule has 1 spiro atoms. The lowest BCUT2D eigenvalue weighted by Gasteiger charge is -2.45. The Morgan fingerprint density at radius 1 is 1.47 bits per heavy atom. The van der Waals surface area contributed by atoms with Crippen LogP contribution in [0.25, 0.3) is 0 Å². The first-order chi connectivity index (χ1) is 14.3. The second kappa shape index (κ2) is 6.33. The molecular weight excluding hydrogens is 410 g/mol. The number of fused-ring (bicyclic) bond motifs is 2. The van der Waals surface area contributed by atoms with E-state index in [-0.39, 0.29) is 23.8 Å². The summed E-state index contributed by atoms with van der Waals surface area (Å²) < 4.78 is 17.4. The van der Waals surface area contributed by atoms with Gasteiger partial charge in [-0.25, -0.2) is 4.79 Å². The van der Waals surface area contributed by atoms with Crippen LogP contribution in [0.1, 0.15) is 30.9 Å². The number of halogens is 1. The van der Waals surface area contributed by atoms with Crippen LogP contribution >= 0.6 is 11.6 Å². The summed E-state index contributed by atoms with van der Waals surface area (Å²) in [4.78, 5) is 27.3. The number of carbonyl (C=O) groups excluding carboxylic acids is 2. The SMILES string of the molecule is COC(=O)N[C@H]1C[C@@]2(C)O[C@@]13CCO[C@H]1[C@@H]3[C@@H]2C(=O)N1c1ccc(C#N)c(Cl)c1C. The highest BCUT2D eigenvalue weighted by molar-refractivity contribution is 6.33. The van der Waals surface area contributed by atoms with Gasteiger partial charge in [-0.15, -0.1) is 0 Å². The topological polar surface area (TPSA) is 101 Å².